The SMILES string of the molecule is Cc1nc(-c2ccc(CNC(=O)CCc3nc4ccccc4[nH]3)o2)cs1. The lowest BCUT2D eigenvalue weighted by Gasteiger charge is -2.02. The van der Waals surface area contributed by atoms with Crippen LogP contribution in [0.15, 0.2) is 46.2 Å². The van der Waals surface area contributed by atoms with Crippen LogP contribution in [0.25, 0.3) is 22.5 Å². The highest BCUT2D eigenvalue weighted by molar-refractivity contribution is 7.09. The van der Waals surface area contributed by atoms with Gasteiger partial charge in [-0.1, -0.05) is 12.1 Å². The van der Waals surface area contributed by atoms with Crippen LogP contribution in [-0.4, -0.2) is 20.9 Å². The minimum absolute atomic E-state index is 0.0343. The Hall–Kier alpha value is -2.93. The lowest BCUT2D eigenvalue weighted by Crippen LogP contribution is -2.22. The molecule has 1 aromatic carbocycles. The predicted molar refractivity (Wildman–Crippen MR) is 101 cm³/mol. The number of benzene rings is 1. The summed E-state index contributed by atoms with van der Waals surface area (Å²) in [5, 5.41) is 5.84. The quantitative estimate of drug-likeness (QED) is 0.543. The maximum atomic E-state index is 12.1. The number of H-pyrrole nitrogens is 1. The first-order chi connectivity index (χ1) is 12.7. The van der Waals surface area contributed by atoms with Crippen LogP contribution in [-0.2, 0) is 17.8 Å². The van der Waals surface area contributed by atoms with E-state index in [4.69, 9.17) is 4.42 Å². The van der Waals surface area contributed by atoms with E-state index in [2.05, 4.69) is 20.3 Å². The van der Waals surface area contributed by atoms with E-state index in [0.717, 1.165) is 33.3 Å². The number of aromatic nitrogens is 3. The molecular formula is C19H18N4O2S. The van der Waals surface area contributed by atoms with Crippen molar-refractivity contribution in [2.45, 2.75) is 26.3 Å². The average Bonchev–Trinajstić information content (AvgIpc) is 3.36. The number of rotatable bonds is 6. The van der Waals surface area contributed by atoms with Gasteiger partial charge in [-0.2, -0.15) is 0 Å². The second-order valence-corrected chi connectivity index (χ2v) is 7.06. The molecule has 2 N–H and O–H groups in total. The summed E-state index contributed by atoms with van der Waals surface area (Å²) in [6.45, 7) is 2.32. The van der Waals surface area contributed by atoms with Crippen LogP contribution in [0, 0.1) is 6.92 Å². The van der Waals surface area contributed by atoms with Gasteiger partial charge in [-0.05, 0) is 31.2 Å². The van der Waals surface area contributed by atoms with E-state index in [0.29, 0.717) is 25.1 Å². The number of para-hydroxylation sites is 2. The Morgan fingerprint density at radius 2 is 2.12 bits per heavy atom. The molecule has 0 aliphatic rings. The number of carbonyl (C=O) groups is 1. The van der Waals surface area contributed by atoms with E-state index in [1.54, 1.807) is 11.3 Å². The Labute approximate surface area is 154 Å². The number of furan rings is 1. The van der Waals surface area contributed by atoms with Gasteiger partial charge in [0.15, 0.2) is 5.76 Å². The topological polar surface area (TPSA) is 83.8 Å². The maximum Gasteiger partial charge on any atom is 0.220 e. The Bertz CT molecular complexity index is 1010. The highest BCUT2D eigenvalue weighted by atomic mass is 32.1. The zero-order valence-electron chi connectivity index (χ0n) is 14.3. The van der Waals surface area contributed by atoms with Crippen LogP contribution in [0.4, 0.5) is 0 Å². The van der Waals surface area contributed by atoms with E-state index in [1.165, 1.54) is 0 Å². The van der Waals surface area contributed by atoms with Gasteiger partial charge in [-0.25, -0.2) is 9.97 Å². The van der Waals surface area contributed by atoms with Gasteiger partial charge in [0.1, 0.15) is 17.3 Å². The lowest BCUT2D eigenvalue weighted by atomic mass is 10.3. The number of nitrogens with zero attached hydrogens (tertiary/aromatic N) is 2. The van der Waals surface area contributed by atoms with Crippen molar-refractivity contribution in [1.29, 1.82) is 0 Å². The maximum absolute atomic E-state index is 12.1. The molecule has 0 saturated heterocycles. The van der Waals surface area contributed by atoms with Crippen molar-refractivity contribution < 1.29 is 9.21 Å². The first-order valence-electron chi connectivity index (χ1n) is 8.39. The molecule has 3 heterocycles. The summed E-state index contributed by atoms with van der Waals surface area (Å²) >= 11 is 1.58. The summed E-state index contributed by atoms with van der Waals surface area (Å²) in [5.41, 5.74) is 2.74. The second kappa shape index (κ2) is 7.13. The largest absolute Gasteiger partial charge is 0.458 e. The Morgan fingerprint density at radius 1 is 1.23 bits per heavy atom. The molecule has 4 aromatic rings. The van der Waals surface area contributed by atoms with Crippen LogP contribution >= 0.6 is 11.3 Å². The van der Waals surface area contributed by atoms with Crippen molar-refractivity contribution in [1.82, 2.24) is 20.3 Å². The summed E-state index contributed by atoms with van der Waals surface area (Å²) < 4.78 is 5.75. The van der Waals surface area contributed by atoms with E-state index in [9.17, 15) is 4.79 Å². The number of carbonyl (C=O) groups excluding carboxylic acids is 1. The summed E-state index contributed by atoms with van der Waals surface area (Å²) in [4.78, 5) is 24.2. The number of aryl methyl sites for hydroxylation is 2. The minimum Gasteiger partial charge on any atom is -0.458 e. The smallest absolute Gasteiger partial charge is 0.220 e. The molecule has 0 bridgehead atoms. The van der Waals surface area contributed by atoms with Crippen LogP contribution in [0.5, 0.6) is 0 Å². The third-order valence-electron chi connectivity index (χ3n) is 4.02. The number of hydrogen-bond donors (Lipinski definition) is 2. The number of fused-ring (bicyclic) bond motifs is 1. The first kappa shape index (κ1) is 16.5. The van der Waals surface area contributed by atoms with Crippen LogP contribution in [0.2, 0.25) is 0 Å². The standard InChI is InChI=1S/C19H18N4O2S/c1-12-21-16(11-26-12)17-7-6-13(25-17)10-20-19(24)9-8-18-22-14-4-2-3-5-15(14)23-18/h2-7,11H,8-10H2,1H3,(H,20,24)(H,22,23). The molecule has 0 saturated carbocycles. The number of amides is 1. The molecule has 0 radical (unpaired) electrons. The fraction of sp³-hybridized carbons (Fsp3) is 0.211. The first-order valence-corrected chi connectivity index (χ1v) is 9.27. The van der Waals surface area contributed by atoms with Gasteiger partial charge in [0.25, 0.3) is 0 Å². The molecule has 0 aliphatic heterocycles. The van der Waals surface area contributed by atoms with E-state index in [1.807, 2.05) is 48.7 Å². The van der Waals surface area contributed by atoms with Crippen molar-refractivity contribution in [3.63, 3.8) is 0 Å². The van der Waals surface area contributed by atoms with Gasteiger partial charge < -0.3 is 14.7 Å². The summed E-state index contributed by atoms with van der Waals surface area (Å²) in [6.07, 6.45) is 0.945. The summed E-state index contributed by atoms with van der Waals surface area (Å²) in [7, 11) is 0. The minimum atomic E-state index is -0.0343. The number of imidazole rings is 1. The van der Waals surface area contributed by atoms with Crippen LogP contribution in [0.1, 0.15) is 23.0 Å². The van der Waals surface area contributed by atoms with Crippen LogP contribution in [0.3, 0.4) is 0 Å². The highest BCUT2D eigenvalue weighted by Crippen LogP contribution is 2.23. The molecule has 1 amide bonds. The third kappa shape index (κ3) is 3.67. The molecule has 3 aromatic heterocycles. The fourth-order valence-corrected chi connectivity index (χ4v) is 3.32. The van der Waals surface area contributed by atoms with Crippen molar-refractivity contribution in [2.75, 3.05) is 0 Å². The van der Waals surface area contributed by atoms with Gasteiger partial charge in [0, 0.05) is 18.2 Å². The highest BCUT2D eigenvalue weighted by Gasteiger charge is 2.10. The monoisotopic (exact) mass is 366 g/mol. The summed E-state index contributed by atoms with van der Waals surface area (Å²) in [5.74, 6) is 2.22. The van der Waals surface area contributed by atoms with Gasteiger partial charge in [-0.3, -0.25) is 4.79 Å². The van der Waals surface area contributed by atoms with Gasteiger partial charge >= 0.3 is 0 Å². The predicted octanol–water partition coefficient (Wildman–Crippen LogP) is 3.84. The number of nitrogens with one attached hydrogen (secondary N) is 2. The molecule has 0 atom stereocenters. The summed E-state index contributed by atoms with van der Waals surface area (Å²) in [6, 6.07) is 11.6. The molecule has 0 fully saturated rings. The molecular weight excluding hydrogens is 348 g/mol. The van der Waals surface area contributed by atoms with E-state index >= 15 is 0 Å². The molecule has 7 heteroatoms. The Balaban J connectivity index is 1.29. The molecule has 0 unspecified atom stereocenters. The van der Waals surface area contributed by atoms with E-state index < -0.39 is 0 Å². The third-order valence-corrected chi connectivity index (χ3v) is 4.79. The molecule has 6 nitrogen and oxygen atoms in total. The fourth-order valence-electron chi connectivity index (χ4n) is 2.72. The van der Waals surface area contributed by atoms with Gasteiger partial charge in [0.2, 0.25) is 5.91 Å². The Kier molecular flexibility index (Phi) is 4.53. The Morgan fingerprint density at radius 3 is 2.92 bits per heavy atom. The van der Waals surface area contributed by atoms with Gasteiger partial charge in [-0.15, -0.1) is 11.3 Å². The normalized spacial score (nSPS) is 11.1. The van der Waals surface area contributed by atoms with Gasteiger partial charge in [0.05, 0.1) is 22.6 Å². The zero-order valence-corrected chi connectivity index (χ0v) is 15.1. The zero-order chi connectivity index (χ0) is 17.9. The molecule has 132 valence electrons. The lowest BCUT2D eigenvalue weighted by molar-refractivity contribution is -0.121. The number of thiazole rings is 1. The number of hydrogen-bond acceptors (Lipinski definition) is 5. The van der Waals surface area contributed by atoms with Crippen molar-refractivity contribution in [3.05, 3.63) is 58.4 Å². The number of aromatic amines is 1. The molecule has 0 aliphatic carbocycles. The van der Waals surface area contributed by atoms with Crippen molar-refractivity contribution in [2.24, 2.45) is 0 Å². The molecule has 0 spiro atoms. The molecule has 4 rings (SSSR count). The second-order valence-electron chi connectivity index (χ2n) is 6.00. The van der Waals surface area contributed by atoms with Crippen molar-refractivity contribution in [3.8, 4) is 11.5 Å². The van der Waals surface area contributed by atoms with Crippen molar-refractivity contribution >= 4 is 28.3 Å². The van der Waals surface area contributed by atoms with E-state index in [-0.39, 0.29) is 5.91 Å². The average molecular weight is 366 g/mol. The van der Waals surface area contributed by atoms with Crippen LogP contribution < -0.4 is 5.32 Å². The molecule has 26 heavy (non-hydrogen) atoms.